The fourth-order valence-corrected chi connectivity index (χ4v) is 2.30. The van der Waals surface area contributed by atoms with Gasteiger partial charge in [0.2, 0.25) is 15.9 Å². The van der Waals surface area contributed by atoms with Gasteiger partial charge in [-0.05, 0) is 13.0 Å². The number of likely N-dealkylation sites (N-methyl/N-ethyl adjacent to an activating group) is 1. The molecule has 7 nitrogen and oxygen atoms in total. The number of nitrogens with two attached hydrogens (primary N) is 1. The van der Waals surface area contributed by atoms with E-state index in [2.05, 4.69) is 21.5 Å². The Hall–Kier alpha value is -1.95. The molecule has 0 aliphatic rings. The Kier molecular flexibility index (Phi) is 6.30. The van der Waals surface area contributed by atoms with Crippen molar-refractivity contribution in [2.45, 2.75) is 11.8 Å². The molecule has 0 saturated carbocycles. The molecule has 8 heteroatoms. The molecular weight excluding hydrogens is 292 g/mol. The summed E-state index contributed by atoms with van der Waals surface area (Å²) in [7, 11) is -2.21. The lowest BCUT2D eigenvalue weighted by Gasteiger charge is -2.14. The van der Waals surface area contributed by atoms with Crippen molar-refractivity contribution in [2.75, 3.05) is 26.7 Å². The number of carbonyl (C=O) groups excluding carboxylic acids is 1. The lowest BCUT2D eigenvalue weighted by atomic mass is 10.3. The van der Waals surface area contributed by atoms with Crippen LogP contribution in [-0.4, -0.2) is 50.9 Å². The monoisotopic (exact) mass is 310 g/mol. The highest BCUT2D eigenvalue weighted by Crippen LogP contribution is 2.08. The number of hydrogen-bond donors (Lipinski definition) is 2. The zero-order valence-corrected chi connectivity index (χ0v) is 12.8. The number of nitrogens with one attached hydrogen (secondary N) is 1. The third-order valence-corrected chi connectivity index (χ3v) is 4.04. The van der Waals surface area contributed by atoms with Crippen LogP contribution in [0.4, 0.5) is 0 Å². The maximum atomic E-state index is 12.1. The van der Waals surface area contributed by atoms with Crippen molar-refractivity contribution in [2.24, 2.45) is 5.73 Å². The number of hydrogen-bond acceptors (Lipinski definition) is 5. The predicted octanol–water partition coefficient (Wildman–Crippen LogP) is -0.852. The van der Waals surface area contributed by atoms with Gasteiger partial charge in [0.15, 0.2) is 0 Å². The smallest absolute Gasteiger partial charge is 0.242 e. The van der Waals surface area contributed by atoms with E-state index in [0.29, 0.717) is 12.1 Å². The third-order valence-electron chi connectivity index (χ3n) is 2.67. The van der Waals surface area contributed by atoms with Gasteiger partial charge >= 0.3 is 0 Å². The van der Waals surface area contributed by atoms with Crippen LogP contribution in [-0.2, 0) is 14.8 Å². The first-order chi connectivity index (χ1) is 9.90. The molecule has 0 fully saturated rings. The summed E-state index contributed by atoms with van der Waals surface area (Å²) in [6.07, 6.45) is 2.64. The highest BCUT2D eigenvalue weighted by Gasteiger charge is 2.17. The Bertz CT molecular complexity index is 661. The van der Waals surface area contributed by atoms with E-state index in [-0.39, 0.29) is 23.9 Å². The van der Waals surface area contributed by atoms with E-state index in [1.807, 2.05) is 0 Å². The highest BCUT2D eigenvalue weighted by atomic mass is 32.2. The fourth-order valence-electron chi connectivity index (χ4n) is 1.34. The number of carbonyl (C=O) groups is 1. The van der Waals surface area contributed by atoms with E-state index in [4.69, 9.17) is 5.73 Å². The van der Waals surface area contributed by atoms with Crippen LogP contribution in [0.15, 0.2) is 23.4 Å². The number of aromatic nitrogens is 1. The molecule has 1 rings (SSSR count). The first-order valence-corrected chi connectivity index (χ1v) is 7.76. The van der Waals surface area contributed by atoms with Gasteiger partial charge in [-0.25, -0.2) is 13.1 Å². The van der Waals surface area contributed by atoms with E-state index < -0.39 is 10.0 Å². The molecule has 114 valence electrons. The summed E-state index contributed by atoms with van der Waals surface area (Å²) in [4.78, 5) is 16.8. The van der Waals surface area contributed by atoms with Crippen LogP contribution in [0.25, 0.3) is 0 Å². The van der Waals surface area contributed by atoms with E-state index in [1.165, 1.54) is 23.4 Å². The second-order valence-electron chi connectivity index (χ2n) is 4.15. The normalized spacial score (nSPS) is 10.6. The Morgan fingerprint density at radius 3 is 2.81 bits per heavy atom. The second kappa shape index (κ2) is 7.73. The lowest BCUT2D eigenvalue weighted by molar-refractivity contribution is -0.128. The molecule has 0 aliphatic carbocycles. The van der Waals surface area contributed by atoms with Crippen molar-refractivity contribution in [3.05, 3.63) is 24.0 Å². The molecule has 1 aromatic heterocycles. The third kappa shape index (κ3) is 5.15. The molecule has 0 saturated heterocycles. The molecule has 0 aromatic carbocycles. The average Bonchev–Trinajstić information content (AvgIpc) is 2.50. The Morgan fingerprint density at radius 1 is 1.48 bits per heavy atom. The van der Waals surface area contributed by atoms with Crippen LogP contribution in [0.3, 0.4) is 0 Å². The van der Waals surface area contributed by atoms with Crippen LogP contribution < -0.4 is 10.5 Å². The largest absolute Gasteiger partial charge is 0.345 e. The summed E-state index contributed by atoms with van der Waals surface area (Å²) in [5, 5.41) is 0. The van der Waals surface area contributed by atoms with Gasteiger partial charge in [-0.1, -0.05) is 11.8 Å². The molecule has 3 N–H and O–H groups in total. The molecule has 0 atom stereocenters. The zero-order valence-electron chi connectivity index (χ0n) is 12.0. The van der Waals surface area contributed by atoms with Crippen LogP contribution in [0, 0.1) is 11.8 Å². The fraction of sp³-hybridized carbons (Fsp3) is 0.385. The van der Waals surface area contributed by atoms with Crippen molar-refractivity contribution < 1.29 is 13.2 Å². The molecule has 21 heavy (non-hydrogen) atoms. The quantitative estimate of drug-likeness (QED) is 0.689. The summed E-state index contributed by atoms with van der Waals surface area (Å²) >= 11 is 0. The first kappa shape index (κ1) is 17.1. The number of sulfonamides is 1. The lowest BCUT2D eigenvalue weighted by Crippen LogP contribution is -2.38. The van der Waals surface area contributed by atoms with Crippen molar-refractivity contribution in [1.82, 2.24) is 14.6 Å². The Morgan fingerprint density at radius 2 is 2.19 bits per heavy atom. The minimum atomic E-state index is -3.80. The number of pyridine rings is 1. The van der Waals surface area contributed by atoms with Crippen molar-refractivity contribution in [3.8, 4) is 11.8 Å². The molecule has 0 unspecified atom stereocenters. The topological polar surface area (TPSA) is 105 Å². The molecule has 1 amide bonds. The molecular formula is C13H18N4O3S. The number of amides is 1. The average molecular weight is 310 g/mol. The van der Waals surface area contributed by atoms with Gasteiger partial charge in [0, 0.05) is 31.5 Å². The number of rotatable bonds is 5. The minimum absolute atomic E-state index is 0.0433. The highest BCUT2D eigenvalue weighted by molar-refractivity contribution is 7.89. The Labute approximate surface area is 124 Å². The van der Waals surface area contributed by atoms with E-state index >= 15 is 0 Å². The van der Waals surface area contributed by atoms with Gasteiger partial charge in [0.1, 0.15) is 4.90 Å². The maximum absolute atomic E-state index is 12.1. The van der Waals surface area contributed by atoms with Crippen molar-refractivity contribution >= 4 is 15.9 Å². The SMILES string of the molecule is CCN(C)C(=O)CNS(=O)(=O)c1cncc(C#CCN)c1. The van der Waals surface area contributed by atoms with Gasteiger partial charge in [-0.15, -0.1) is 0 Å². The second-order valence-corrected chi connectivity index (χ2v) is 5.91. The van der Waals surface area contributed by atoms with Gasteiger partial charge in [0.05, 0.1) is 13.1 Å². The van der Waals surface area contributed by atoms with Crippen LogP contribution in [0.1, 0.15) is 12.5 Å². The minimum Gasteiger partial charge on any atom is -0.345 e. The maximum Gasteiger partial charge on any atom is 0.242 e. The van der Waals surface area contributed by atoms with Crippen LogP contribution in [0.5, 0.6) is 0 Å². The van der Waals surface area contributed by atoms with Gasteiger partial charge in [-0.2, -0.15) is 0 Å². The molecule has 0 radical (unpaired) electrons. The van der Waals surface area contributed by atoms with Crippen LogP contribution in [0.2, 0.25) is 0 Å². The predicted molar refractivity (Wildman–Crippen MR) is 78.7 cm³/mol. The van der Waals surface area contributed by atoms with Gasteiger partial charge in [-0.3, -0.25) is 9.78 Å². The van der Waals surface area contributed by atoms with E-state index in [9.17, 15) is 13.2 Å². The molecule has 0 spiro atoms. The summed E-state index contributed by atoms with van der Waals surface area (Å²) in [5.41, 5.74) is 5.70. The van der Waals surface area contributed by atoms with Crippen molar-refractivity contribution in [1.29, 1.82) is 0 Å². The first-order valence-electron chi connectivity index (χ1n) is 6.28. The Balaban J connectivity index is 2.86. The number of nitrogens with zero attached hydrogens (tertiary/aromatic N) is 2. The van der Waals surface area contributed by atoms with Crippen molar-refractivity contribution in [3.63, 3.8) is 0 Å². The molecule has 1 aromatic rings. The van der Waals surface area contributed by atoms with Gasteiger partial charge < -0.3 is 10.6 Å². The standard InChI is InChI=1S/C13H18N4O3S/c1-3-17(2)13(18)10-16-21(19,20)12-7-11(5-4-6-14)8-15-9-12/h7-9,16H,3,6,10,14H2,1-2H3. The summed E-state index contributed by atoms with van der Waals surface area (Å²) in [6, 6.07) is 1.38. The van der Waals surface area contributed by atoms with E-state index in [1.54, 1.807) is 14.0 Å². The summed E-state index contributed by atoms with van der Waals surface area (Å²) < 4.78 is 26.4. The zero-order chi connectivity index (χ0) is 15.9. The molecule has 0 bridgehead atoms. The van der Waals surface area contributed by atoms with E-state index in [0.717, 1.165) is 0 Å². The summed E-state index contributed by atoms with van der Waals surface area (Å²) in [5.74, 6) is 5.01. The van der Waals surface area contributed by atoms with Gasteiger partial charge in [0.25, 0.3) is 0 Å². The molecule has 1 heterocycles. The molecule has 0 aliphatic heterocycles. The summed E-state index contributed by atoms with van der Waals surface area (Å²) in [6.45, 7) is 2.18. The van der Waals surface area contributed by atoms with Crippen LogP contribution >= 0.6 is 0 Å².